The number of aromatic nitrogens is 1. The van der Waals surface area contributed by atoms with E-state index in [1.54, 1.807) is 6.92 Å². The number of non-ortho nitro benzene ring substituents is 1. The second-order valence-electron chi connectivity index (χ2n) is 4.39. The van der Waals surface area contributed by atoms with Crippen molar-refractivity contribution in [3.8, 4) is 0 Å². The zero-order valence-corrected chi connectivity index (χ0v) is 11.3. The minimum Gasteiger partial charge on any atom is -0.336 e. The summed E-state index contributed by atoms with van der Waals surface area (Å²) in [5.41, 5.74) is 0.548. The Balaban J connectivity index is 2.47. The maximum absolute atomic E-state index is 12.4. The number of nitro groups is 1. The molecule has 108 valence electrons. The average Bonchev–Trinajstić information content (AvgIpc) is 2.49. The molecule has 0 spiro atoms. The van der Waals surface area contributed by atoms with Gasteiger partial charge in [0, 0.05) is 29.3 Å². The highest BCUT2D eigenvalue weighted by molar-refractivity contribution is 6.09. The highest BCUT2D eigenvalue weighted by Crippen LogP contribution is 2.17. The molecule has 21 heavy (non-hydrogen) atoms. The Hall–Kier alpha value is -2.96. The van der Waals surface area contributed by atoms with Crippen LogP contribution in [0.2, 0.25) is 0 Å². The first kappa shape index (κ1) is 14.4. The molecule has 0 saturated heterocycles. The van der Waals surface area contributed by atoms with E-state index in [9.17, 15) is 19.7 Å². The van der Waals surface area contributed by atoms with E-state index in [1.165, 1.54) is 36.4 Å². The van der Waals surface area contributed by atoms with Gasteiger partial charge in [-0.25, -0.2) is 4.68 Å². The average molecular weight is 287 g/mol. The van der Waals surface area contributed by atoms with Crippen molar-refractivity contribution in [2.75, 3.05) is 5.84 Å². The molecule has 0 saturated carbocycles. The Labute approximate surface area is 119 Å². The van der Waals surface area contributed by atoms with Crippen molar-refractivity contribution in [1.29, 1.82) is 0 Å². The summed E-state index contributed by atoms with van der Waals surface area (Å²) in [4.78, 5) is 34.0. The largest absolute Gasteiger partial charge is 0.336 e. The first-order chi connectivity index (χ1) is 9.95. The van der Waals surface area contributed by atoms with Gasteiger partial charge in [-0.15, -0.1) is 0 Å². The van der Waals surface area contributed by atoms with E-state index in [0.717, 1.165) is 4.68 Å². The molecule has 2 aromatic rings. The molecule has 2 rings (SSSR count). The van der Waals surface area contributed by atoms with Crippen LogP contribution in [0.15, 0.2) is 41.2 Å². The van der Waals surface area contributed by atoms with Crippen molar-refractivity contribution < 1.29 is 9.72 Å². The van der Waals surface area contributed by atoms with E-state index in [-0.39, 0.29) is 11.5 Å². The normalized spacial score (nSPS) is 10.3. The number of nitrogen functional groups attached to an aromatic ring is 1. The fourth-order valence-corrected chi connectivity index (χ4v) is 2.05. The molecule has 0 radical (unpaired) electrons. The van der Waals surface area contributed by atoms with Crippen LogP contribution in [0.5, 0.6) is 0 Å². The van der Waals surface area contributed by atoms with E-state index < -0.39 is 10.5 Å². The van der Waals surface area contributed by atoms with Crippen LogP contribution in [0.4, 0.5) is 5.69 Å². The van der Waals surface area contributed by atoms with Gasteiger partial charge in [-0.05, 0) is 24.6 Å². The molecular weight excluding hydrogens is 274 g/mol. The number of benzene rings is 1. The summed E-state index contributed by atoms with van der Waals surface area (Å²) >= 11 is 0. The second-order valence-corrected chi connectivity index (χ2v) is 4.39. The molecule has 0 aliphatic heterocycles. The number of pyridine rings is 1. The first-order valence-corrected chi connectivity index (χ1v) is 6.25. The third kappa shape index (κ3) is 2.66. The van der Waals surface area contributed by atoms with Gasteiger partial charge in [0.1, 0.15) is 0 Å². The molecule has 7 nitrogen and oxygen atoms in total. The third-order valence-electron chi connectivity index (χ3n) is 3.15. The van der Waals surface area contributed by atoms with Crippen LogP contribution >= 0.6 is 0 Å². The van der Waals surface area contributed by atoms with Gasteiger partial charge in [-0.3, -0.25) is 19.7 Å². The number of nitro benzene ring substituents is 1. The Kier molecular flexibility index (Phi) is 3.84. The van der Waals surface area contributed by atoms with Gasteiger partial charge in [0.15, 0.2) is 5.78 Å². The van der Waals surface area contributed by atoms with Crippen LogP contribution in [0, 0.1) is 10.1 Å². The van der Waals surface area contributed by atoms with Crippen LogP contribution in [0.25, 0.3) is 0 Å². The van der Waals surface area contributed by atoms with Crippen molar-refractivity contribution >= 4 is 11.5 Å². The predicted molar refractivity (Wildman–Crippen MR) is 76.8 cm³/mol. The molecule has 1 aromatic carbocycles. The second kappa shape index (κ2) is 5.58. The summed E-state index contributed by atoms with van der Waals surface area (Å²) in [6.45, 7) is 1.78. The summed E-state index contributed by atoms with van der Waals surface area (Å²) in [6, 6.07) is 7.93. The summed E-state index contributed by atoms with van der Waals surface area (Å²) < 4.78 is 0.943. The molecule has 7 heteroatoms. The molecule has 0 bridgehead atoms. The van der Waals surface area contributed by atoms with Gasteiger partial charge in [-0.1, -0.05) is 6.92 Å². The van der Waals surface area contributed by atoms with Gasteiger partial charge in [0.2, 0.25) is 0 Å². The number of nitrogens with two attached hydrogens (primary N) is 1. The van der Waals surface area contributed by atoms with Crippen molar-refractivity contribution in [2.45, 2.75) is 13.3 Å². The molecule has 1 heterocycles. The highest BCUT2D eigenvalue weighted by Gasteiger charge is 2.16. The quantitative estimate of drug-likeness (QED) is 0.394. The summed E-state index contributed by atoms with van der Waals surface area (Å²) in [6.07, 6.45) is 0.417. The van der Waals surface area contributed by atoms with Crippen molar-refractivity contribution in [2.24, 2.45) is 0 Å². The van der Waals surface area contributed by atoms with Crippen LogP contribution < -0.4 is 11.4 Å². The summed E-state index contributed by atoms with van der Waals surface area (Å²) in [5, 5.41) is 10.6. The van der Waals surface area contributed by atoms with Crippen LogP contribution in [0.1, 0.15) is 28.5 Å². The van der Waals surface area contributed by atoms with Gasteiger partial charge in [-0.2, -0.15) is 0 Å². The Morgan fingerprint density at radius 2 is 1.86 bits per heavy atom. The lowest BCUT2D eigenvalue weighted by molar-refractivity contribution is -0.384. The molecular formula is C14H13N3O4. The van der Waals surface area contributed by atoms with Crippen LogP contribution in [0.3, 0.4) is 0 Å². The molecule has 0 atom stereocenters. The number of carbonyl (C=O) groups is 1. The number of rotatable bonds is 4. The van der Waals surface area contributed by atoms with Crippen molar-refractivity contribution in [1.82, 2.24) is 4.68 Å². The molecule has 0 unspecified atom stereocenters. The smallest absolute Gasteiger partial charge is 0.269 e. The Morgan fingerprint density at radius 1 is 1.24 bits per heavy atom. The lowest BCUT2D eigenvalue weighted by Gasteiger charge is -2.10. The molecule has 2 N–H and O–H groups in total. The third-order valence-corrected chi connectivity index (χ3v) is 3.15. The lowest BCUT2D eigenvalue weighted by Crippen LogP contribution is -2.31. The predicted octanol–water partition coefficient (Wildman–Crippen LogP) is 1.26. The van der Waals surface area contributed by atoms with E-state index in [2.05, 4.69) is 0 Å². The summed E-state index contributed by atoms with van der Waals surface area (Å²) in [7, 11) is 0. The van der Waals surface area contributed by atoms with E-state index >= 15 is 0 Å². The lowest BCUT2D eigenvalue weighted by atomic mass is 10.0. The molecule has 0 aliphatic carbocycles. The van der Waals surface area contributed by atoms with Crippen molar-refractivity contribution in [3.63, 3.8) is 0 Å². The number of hydrogen-bond acceptors (Lipinski definition) is 5. The minimum absolute atomic E-state index is 0.0916. The Bertz CT molecular complexity index is 763. The number of ketones is 1. The van der Waals surface area contributed by atoms with Crippen molar-refractivity contribution in [3.05, 3.63) is 73.7 Å². The molecule has 0 fully saturated rings. The highest BCUT2D eigenvalue weighted by atomic mass is 16.6. The number of nitrogens with zero attached hydrogens (tertiary/aromatic N) is 2. The SMILES string of the molecule is CCc1c(C(=O)c2ccc([N+](=O)[O-])cc2)ccc(=O)n1N. The van der Waals surface area contributed by atoms with Gasteiger partial charge < -0.3 is 5.84 Å². The zero-order chi connectivity index (χ0) is 15.6. The molecule has 0 amide bonds. The fourth-order valence-electron chi connectivity index (χ4n) is 2.05. The topological polar surface area (TPSA) is 108 Å². The maximum Gasteiger partial charge on any atom is 0.269 e. The van der Waals surface area contributed by atoms with E-state index in [0.29, 0.717) is 23.2 Å². The number of carbonyl (C=O) groups excluding carboxylic acids is 1. The zero-order valence-electron chi connectivity index (χ0n) is 11.3. The maximum atomic E-state index is 12.4. The summed E-state index contributed by atoms with van der Waals surface area (Å²) in [5.74, 6) is 5.30. The molecule has 1 aromatic heterocycles. The van der Waals surface area contributed by atoms with Gasteiger partial charge in [0.25, 0.3) is 11.2 Å². The minimum atomic E-state index is -0.536. The fraction of sp³-hybridized carbons (Fsp3) is 0.143. The van der Waals surface area contributed by atoms with E-state index in [1.807, 2.05) is 0 Å². The Morgan fingerprint density at radius 3 is 2.38 bits per heavy atom. The standard InChI is InChI=1S/C14H13N3O4/c1-2-12-11(7-8-13(18)16(12)15)14(19)9-3-5-10(6-4-9)17(20)21/h3-8H,2,15H2,1H3. The van der Waals surface area contributed by atoms with Gasteiger partial charge >= 0.3 is 0 Å². The molecule has 0 aliphatic rings. The van der Waals surface area contributed by atoms with Crippen LogP contribution in [-0.2, 0) is 6.42 Å². The monoisotopic (exact) mass is 287 g/mol. The van der Waals surface area contributed by atoms with Crippen LogP contribution in [-0.4, -0.2) is 15.4 Å². The van der Waals surface area contributed by atoms with E-state index in [4.69, 9.17) is 5.84 Å². The van der Waals surface area contributed by atoms with Gasteiger partial charge in [0.05, 0.1) is 10.6 Å². The number of hydrogen-bond donors (Lipinski definition) is 1. The first-order valence-electron chi connectivity index (χ1n) is 6.25.